The first kappa shape index (κ1) is 12.9. The van der Waals surface area contributed by atoms with Crippen LogP contribution in [0.15, 0.2) is 12.3 Å². The highest BCUT2D eigenvalue weighted by Crippen LogP contribution is 2.32. The maximum absolute atomic E-state index is 4.69. The summed E-state index contributed by atoms with van der Waals surface area (Å²) in [4.78, 5) is 7.23. The van der Waals surface area contributed by atoms with Gasteiger partial charge >= 0.3 is 0 Å². The SMILES string of the molecule is CC(C)CCc1ccnc2c1CCC1CNCCN21. The molecular weight excluding hydrogens is 234 g/mol. The maximum atomic E-state index is 4.69. The van der Waals surface area contributed by atoms with Gasteiger partial charge in [0.1, 0.15) is 5.82 Å². The number of nitrogens with zero attached hydrogens (tertiary/aromatic N) is 2. The molecule has 0 amide bonds. The molecule has 104 valence electrons. The zero-order valence-corrected chi connectivity index (χ0v) is 12.2. The summed E-state index contributed by atoms with van der Waals surface area (Å²) in [6, 6.07) is 2.90. The number of piperazine rings is 1. The van der Waals surface area contributed by atoms with Crippen molar-refractivity contribution < 1.29 is 0 Å². The van der Waals surface area contributed by atoms with Crippen LogP contribution in [-0.2, 0) is 12.8 Å². The largest absolute Gasteiger partial charge is 0.351 e. The molecule has 0 aliphatic carbocycles. The normalized spacial score (nSPS) is 22.3. The van der Waals surface area contributed by atoms with Crippen molar-refractivity contribution in [2.75, 3.05) is 24.5 Å². The Hall–Kier alpha value is -1.09. The highest BCUT2D eigenvalue weighted by molar-refractivity contribution is 5.54. The molecule has 3 heteroatoms. The number of fused-ring (bicyclic) bond motifs is 3. The summed E-state index contributed by atoms with van der Waals surface area (Å²) in [5.74, 6) is 2.05. The van der Waals surface area contributed by atoms with E-state index in [4.69, 9.17) is 0 Å². The Labute approximate surface area is 116 Å². The van der Waals surface area contributed by atoms with Gasteiger partial charge in [-0.3, -0.25) is 0 Å². The Morgan fingerprint density at radius 3 is 3.21 bits per heavy atom. The van der Waals surface area contributed by atoms with E-state index in [0.29, 0.717) is 6.04 Å². The van der Waals surface area contributed by atoms with Crippen LogP contribution in [0.1, 0.15) is 37.8 Å². The van der Waals surface area contributed by atoms with Crippen LogP contribution in [0.2, 0.25) is 0 Å². The van der Waals surface area contributed by atoms with E-state index < -0.39 is 0 Å². The van der Waals surface area contributed by atoms with Crippen molar-refractivity contribution in [3.8, 4) is 0 Å². The molecule has 1 fully saturated rings. The summed E-state index contributed by atoms with van der Waals surface area (Å²) in [5, 5.41) is 3.50. The third kappa shape index (κ3) is 2.62. The molecule has 2 aliphatic heterocycles. The van der Waals surface area contributed by atoms with Gasteiger partial charge in [0.25, 0.3) is 0 Å². The highest BCUT2D eigenvalue weighted by Gasteiger charge is 2.30. The number of rotatable bonds is 3. The zero-order valence-electron chi connectivity index (χ0n) is 12.2. The predicted octanol–water partition coefficient (Wildman–Crippen LogP) is 2.39. The zero-order chi connectivity index (χ0) is 13.2. The minimum atomic E-state index is 0.661. The molecule has 1 saturated heterocycles. The molecule has 0 spiro atoms. The minimum Gasteiger partial charge on any atom is -0.351 e. The second kappa shape index (κ2) is 5.49. The summed E-state index contributed by atoms with van der Waals surface area (Å²) in [6.45, 7) is 7.93. The second-order valence-corrected chi connectivity index (χ2v) is 6.29. The first-order valence-corrected chi connectivity index (χ1v) is 7.70. The highest BCUT2D eigenvalue weighted by atomic mass is 15.3. The predicted molar refractivity (Wildman–Crippen MR) is 79.7 cm³/mol. The third-order valence-corrected chi connectivity index (χ3v) is 4.47. The molecule has 3 rings (SSSR count). The summed E-state index contributed by atoms with van der Waals surface area (Å²) >= 11 is 0. The van der Waals surface area contributed by atoms with Crippen LogP contribution in [0.25, 0.3) is 0 Å². The van der Waals surface area contributed by atoms with Crippen LogP contribution < -0.4 is 10.2 Å². The molecule has 19 heavy (non-hydrogen) atoms. The van der Waals surface area contributed by atoms with Crippen molar-refractivity contribution in [1.82, 2.24) is 10.3 Å². The van der Waals surface area contributed by atoms with E-state index in [1.807, 2.05) is 6.20 Å². The van der Waals surface area contributed by atoms with Crippen LogP contribution >= 0.6 is 0 Å². The van der Waals surface area contributed by atoms with Gasteiger partial charge in [0.2, 0.25) is 0 Å². The fraction of sp³-hybridized carbons (Fsp3) is 0.688. The smallest absolute Gasteiger partial charge is 0.132 e. The first-order chi connectivity index (χ1) is 9.25. The molecule has 3 heterocycles. The van der Waals surface area contributed by atoms with Gasteiger partial charge < -0.3 is 10.2 Å². The summed E-state index contributed by atoms with van der Waals surface area (Å²) < 4.78 is 0. The third-order valence-electron chi connectivity index (χ3n) is 4.47. The second-order valence-electron chi connectivity index (χ2n) is 6.29. The number of hydrogen-bond donors (Lipinski definition) is 1. The summed E-state index contributed by atoms with van der Waals surface area (Å²) in [6.07, 6.45) is 6.99. The fourth-order valence-electron chi connectivity index (χ4n) is 3.33. The van der Waals surface area contributed by atoms with Gasteiger partial charge in [0, 0.05) is 31.9 Å². The Balaban J connectivity index is 1.86. The minimum absolute atomic E-state index is 0.661. The van der Waals surface area contributed by atoms with Gasteiger partial charge in [0.15, 0.2) is 0 Å². The van der Waals surface area contributed by atoms with Crippen molar-refractivity contribution in [2.24, 2.45) is 5.92 Å². The number of hydrogen-bond acceptors (Lipinski definition) is 3. The average molecular weight is 259 g/mol. The molecule has 0 saturated carbocycles. The Bertz CT molecular complexity index is 442. The molecule has 2 aliphatic rings. The van der Waals surface area contributed by atoms with E-state index in [1.54, 1.807) is 0 Å². The maximum Gasteiger partial charge on any atom is 0.132 e. The van der Waals surface area contributed by atoms with Crippen LogP contribution in [0.5, 0.6) is 0 Å². The average Bonchev–Trinajstić information content (AvgIpc) is 2.44. The molecule has 1 aromatic heterocycles. The molecule has 1 N–H and O–H groups in total. The molecule has 0 aromatic carbocycles. The van der Waals surface area contributed by atoms with Crippen LogP contribution in [0.3, 0.4) is 0 Å². The first-order valence-electron chi connectivity index (χ1n) is 7.70. The van der Waals surface area contributed by atoms with E-state index in [2.05, 4.69) is 35.1 Å². The standard InChI is InChI=1S/C16H25N3/c1-12(2)3-4-13-7-8-18-16-15(13)6-5-14-11-17-9-10-19(14)16/h7-8,12,14,17H,3-6,9-11H2,1-2H3. The van der Waals surface area contributed by atoms with Crippen molar-refractivity contribution >= 4 is 5.82 Å². The number of anilines is 1. The molecule has 0 radical (unpaired) electrons. The number of pyridine rings is 1. The van der Waals surface area contributed by atoms with Gasteiger partial charge in [-0.1, -0.05) is 13.8 Å². The van der Waals surface area contributed by atoms with Gasteiger partial charge in [-0.25, -0.2) is 4.98 Å². The molecule has 1 unspecified atom stereocenters. The van der Waals surface area contributed by atoms with Crippen molar-refractivity contribution in [2.45, 2.75) is 45.6 Å². The van der Waals surface area contributed by atoms with E-state index in [9.17, 15) is 0 Å². The van der Waals surface area contributed by atoms with Crippen molar-refractivity contribution in [3.63, 3.8) is 0 Å². The van der Waals surface area contributed by atoms with E-state index in [1.165, 1.54) is 42.6 Å². The quantitative estimate of drug-likeness (QED) is 0.903. The van der Waals surface area contributed by atoms with Gasteiger partial charge in [0.05, 0.1) is 0 Å². The van der Waals surface area contributed by atoms with E-state index in [-0.39, 0.29) is 0 Å². The van der Waals surface area contributed by atoms with Gasteiger partial charge in [-0.05, 0) is 48.8 Å². The van der Waals surface area contributed by atoms with E-state index >= 15 is 0 Å². The monoisotopic (exact) mass is 259 g/mol. The van der Waals surface area contributed by atoms with Crippen LogP contribution in [-0.4, -0.2) is 30.7 Å². The Morgan fingerprint density at radius 1 is 1.47 bits per heavy atom. The topological polar surface area (TPSA) is 28.2 Å². The number of aromatic nitrogens is 1. The molecular formula is C16H25N3. The van der Waals surface area contributed by atoms with Crippen LogP contribution in [0, 0.1) is 5.92 Å². The number of aryl methyl sites for hydroxylation is 1. The lowest BCUT2D eigenvalue weighted by Gasteiger charge is -2.42. The van der Waals surface area contributed by atoms with Crippen LogP contribution in [0.4, 0.5) is 5.82 Å². The fourth-order valence-corrected chi connectivity index (χ4v) is 3.33. The molecule has 3 nitrogen and oxygen atoms in total. The van der Waals surface area contributed by atoms with Crippen molar-refractivity contribution in [3.05, 3.63) is 23.4 Å². The lowest BCUT2D eigenvalue weighted by atomic mass is 9.91. The van der Waals surface area contributed by atoms with E-state index in [0.717, 1.165) is 25.6 Å². The summed E-state index contributed by atoms with van der Waals surface area (Å²) in [5.41, 5.74) is 3.07. The number of nitrogens with one attached hydrogen (secondary N) is 1. The lowest BCUT2D eigenvalue weighted by Crippen LogP contribution is -2.53. The summed E-state index contributed by atoms with van der Waals surface area (Å²) in [7, 11) is 0. The molecule has 0 bridgehead atoms. The Kier molecular flexibility index (Phi) is 3.74. The van der Waals surface area contributed by atoms with Gasteiger partial charge in [-0.15, -0.1) is 0 Å². The molecule has 1 atom stereocenters. The van der Waals surface area contributed by atoms with Gasteiger partial charge in [-0.2, -0.15) is 0 Å². The lowest BCUT2D eigenvalue weighted by molar-refractivity contribution is 0.434. The van der Waals surface area contributed by atoms with Crippen molar-refractivity contribution in [1.29, 1.82) is 0 Å². The Morgan fingerprint density at radius 2 is 2.37 bits per heavy atom. The molecule has 1 aromatic rings.